The molecule has 30 heavy (non-hydrogen) atoms. The summed E-state index contributed by atoms with van der Waals surface area (Å²) in [6.07, 6.45) is 4.44. The summed E-state index contributed by atoms with van der Waals surface area (Å²) in [5, 5.41) is 4.71. The molecule has 9 nitrogen and oxygen atoms in total. The molecule has 0 radical (unpaired) electrons. The number of hydrogen-bond acceptors (Lipinski definition) is 8. The maximum Gasteiger partial charge on any atom is 0.358 e. The molecule has 0 saturated carbocycles. The van der Waals surface area contributed by atoms with Crippen LogP contribution in [-0.4, -0.2) is 45.9 Å². The van der Waals surface area contributed by atoms with Crippen LogP contribution in [0.3, 0.4) is 0 Å². The van der Waals surface area contributed by atoms with Crippen LogP contribution in [0.2, 0.25) is 0 Å². The van der Waals surface area contributed by atoms with Gasteiger partial charge in [0.05, 0.1) is 11.4 Å². The molecule has 0 unspecified atom stereocenters. The fraction of sp³-hybridized carbons (Fsp3) is 0.200. The number of nitrogens with one attached hydrogen (secondary N) is 1. The molecule has 1 aliphatic rings. The molecular weight excluding hydrogens is 406 g/mol. The van der Waals surface area contributed by atoms with Gasteiger partial charge in [0.25, 0.3) is 5.91 Å². The molecule has 0 aliphatic carbocycles. The van der Waals surface area contributed by atoms with Gasteiger partial charge in [-0.1, -0.05) is 12.1 Å². The Balaban J connectivity index is 1.36. The van der Waals surface area contributed by atoms with Crippen molar-refractivity contribution < 1.29 is 19.1 Å². The summed E-state index contributed by atoms with van der Waals surface area (Å²) in [5.74, 6) is -0.798. The zero-order chi connectivity index (χ0) is 20.9. The van der Waals surface area contributed by atoms with Crippen molar-refractivity contribution in [1.82, 2.24) is 15.0 Å². The molecule has 2 aromatic heterocycles. The molecule has 1 aromatic carbocycles. The Morgan fingerprint density at radius 1 is 1.17 bits per heavy atom. The van der Waals surface area contributed by atoms with Gasteiger partial charge in [0, 0.05) is 30.7 Å². The number of hydrogen-bond donors (Lipinski definition) is 1. The Kier molecular flexibility index (Phi) is 5.75. The number of carbonyl (C=O) groups excluding carboxylic acids is 3. The summed E-state index contributed by atoms with van der Waals surface area (Å²) in [6, 6.07) is 8.71. The van der Waals surface area contributed by atoms with Gasteiger partial charge in [-0.05, 0) is 24.6 Å². The van der Waals surface area contributed by atoms with Crippen LogP contribution in [-0.2, 0) is 14.3 Å². The number of anilines is 2. The average molecular weight is 423 g/mol. The van der Waals surface area contributed by atoms with E-state index in [1.165, 1.54) is 16.7 Å². The van der Waals surface area contributed by atoms with Gasteiger partial charge in [-0.2, -0.15) is 0 Å². The Morgan fingerprint density at radius 2 is 1.97 bits per heavy atom. The first-order chi connectivity index (χ1) is 14.6. The summed E-state index contributed by atoms with van der Waals surface area (Å²) in [6.45, 7) is 0.133. The van der Waals surface area contributed by atoms with Crippen molar-refractivity contribution in [1.29, 1.82) is 0 Å². The van der Waals surface area contributed by atoms with Crippen LogP contribution in [0.4, 0.5) is 11.4 Å². The topological polar surface area (TPSA) is 114 Å². The minimum absolute atomic E-state index is 0.0184. The normalized spacial score (nSPS) is 13.3. The zero-order valence-corrected chi connectivity index (χ0v) is 16.6. The summed E-state index contributed by atoms with van der Waals surface area (Å²) >= 11 is 1.21. The van der Waals surface area contributed by atoms with Gasteiger partial charge in [0.15, 0.2) is 23.1 Å². The van der Waals surface area contributed by atoms with Gasteiger partial charge in [-0.3, -0.25) is 9.59 Å². The lowest BCUT2D eigenvalue weighted by atomic mass is 10.2. The lowest BCUT2D eigenvalue weighted by Gasteiger charge is -2.19. The summed E-state index contributed by atoms with van der Waals surface area (Å²) < 4.78 is 5.07. The number of ether oxygens (including phenoxy) is 1. The number of carbonyl (C=O) groups is 3. The van der Waals surface area contributed by atoms with Crippen LogP contribution in [0.1, 0.15) is 23.3 Å². The van der Waals surface area contributed by atoms with Crippen molar-refractivity contribution >= 4 is 40.5 Å². The highest BCUT2D eigenvalue weighted by atomic mass is 32.1. The zero-order valence-electron chi connectivity index (χ0n) is 15.8. The van der Waals surface area contributed by atoms with Gasteiger partial charge in [-0.25, -0.2) is 19.7 Å². The van der Waals surface area contributed by atoms with E-state index in [9.17, 15) is 14.4 Å². The van der Waals surface area contributed by atoms with Crippen LogP contribution in [0.5, 0.6) is 0 Å². The molecule has 1 N–H and O–H groups in total. The maximum absolute atomic E-state index is 12.3. The molecule has 152 valence electrons. The van der Waals surface area contributed by atoms with E-state index < -0.39 is 18.5 Å². The number of benzene rings is 1. The van der Waals surface area contributed by atoms with Crippen LogP contribution < -0.4 is 10.2 Å². The van der Waals surface area contributed by atoms with E-state index in [1.807, 2.05) is 0 Å². The summed E-state index contributed by atoms with van der Waals surface area (Å²) in [7, 11) is 0. The number of amides is 2. The Morgan fingerprint density at radius 3 is 2.73 bits per heavy atom. The molecule has 4 rings (SSSR count). The summed E-state index contributed by atoms with van der Waals surface area (Å²) in [4.78, 5) is 50.5. The first-order valence-electron chi connectivity index (χ1n) is 9.21. The number of para-hydroxylation sites is 2. The predicted molar refractivity (Wildman–Crippen MR) is 110 cm³/mol. The fourth-order valence-corrected chi connectivity index (χ4v) is 3.72. The lowest BCUT2D eigenvalue weighted by molar-refractivity contribution is -0.119. The van der Waals surface area contributed by atoms with Gasteiger partial charge in [0.1, 0.15) is 0 Å². The largest absolute Gasteiger partial charge is 0.451 e. The van der Waals surface area contributed by atoms with Crippen molar-refractivity contribution in [2.24, 2.45) is 0 Å². The first kappa shape index (κ1) is 19.6. The minimum Gasteiger partial charge on any atom is -0.451 e. The molecule has 3 heterocycles. The number of aromatic nitrogens is 3. The van der Waals surface area contributed by atoms with Crippen LogP contribution in [0, 0.1) is 0 Å². The van der Waals surface area contributed by atoms with Crippen LogP contribution in [0.25, 0.3) is 10.8 Å². The Hall–Kier alpha value is -3.66. The van der Waals surface area contributed by atoms with Gasteiger partial charge >= 0.3 is 5.97 Å². The third-order valence-electron chi connectivity index (χ3n) is 4.35. The van der Waals surface area contributed by atoms with Crippen molar-refractivity contribution in [3.8, 4) is 10.8 Å². The standard InChI is InChI=1S/C20H17N5O4S/c26-16(23-13-5-1-2-6-15(13)25-10-3-7-17(25)27)11-29-20(28)14-12-30-19(24-14)18-21-8-4-9-22-18/h1-2,4-6,8-9,12H,3,7,10-11H2,(H,23,26). The van der Waals surface area contributed by atoms with E-state index in [0.29, 0.717) is 35.2 Å². The SMILES string of the molecule is O=C(COC(=O)c1csc(-c2ncccn2)n1)Nc1ccccc1N1CCCC1=O. The Labute approximate surface area is 175 Å². The molecule has 2 amide bonds. The van der Waals surface area contributed by atoms with Crippen LogP contribution in [0.15, 0.2) is 48.1 Å². The van der Waals surface area contributed by atoms with Gasteiger partial charge < -0.3 is 15.0 Å². The smallest absolute Gasteiger partial charge is 0.358 e. The molecule has 10 heteroatoms. The second kappa shape index (κ2) is 8.78. The van der Waals surface area contributed by atoms with E-state index >= 15 is 0 Å². The highest BCUT2D eigenvalue weighted by molar-refractivity contribution is 7.13. The predicted octanol–water partition coefficient (Wildman–Crippen LogP) is 2.52. The minimum atomic E-state index is -0.716. The monoisotopic (exact) mass is 423 g/mol. The Bertz CT molecular complexity index is 1090. The molecule has 0 spiro atoms. The van der Waals surface area contributed by atoms with Crippen molar-refractivity contribution in [3.05, 3.63) is 53.8 Å². The molecule has 0 bridgehead atoms. The quantitative estimate of drug-likeness (QED) is 0.606. The fourth-order valence-electron chi connectivity index (χ4n) is 2.99. The lowest BCUT2D eigenvalue weighted by Crippen LogP contribution is -2.27. The molecule has 1 fully saturated rings. The van der Waals surface area contributed by atoms with E-state index in [4.69, 9.17) is 4.74 Å². The third-order valence-corrected chi connectivity index (χ3v) is 5.19. The number of rotatable bonds is 6. The second-order valence-corrected chi connectivity index (χ2v) is 7.26. The van der Waals surface area contributed by atoms with Crippen molar-refractivity contribution in [2.75, 3.05) is 23.4 Å². The molecule has 1 saturated heterocycles. The highest BCUT2D eigenvalue weighted by Gasteiger charge is 2.24. The van der Waals surface area contributed by atoms with E-state index in [-0.39, 0.29) is 11.6 Å². The highest BCUT2D eigenvalue weighted by Crippen LogP contribution is 2.29. The average Bonchev–Trinajstić information content (AvgIpc) is 3.43. The maximum atomic E-state index is 12.3. The van der Waals surface area contributed by atoms with Crippen LogP contribution >= 0.6 is 11.3 Å². The first-order valence-corrected chi connectivity index (χ1v) is 10.1. The van der Waals surface area contributed by atoms with Crippen molar-refractivity contribution in [2.45, 2.75) is 12.8 Å². The molecule has 1 aliphatic heterocycles. The van der Waals surface area contributed by atoms with Gasteiger partial charge in [-0.15, -0.1) is 11.3 Å². The van der Waals surface area contributed by atoms with Crippen molar-refractivity contribution in [3.63, 3.8) is 0 Å². The van der Waals surface area contributed by atoms with E-state index in [1.54, 1.807) is 47.6 Å². The molecular formula is C20H17N5O4S. The van der Waals surface area contributed by atoms with E-state index in [0.717, 1.165) is 6.42 Å². The second-order valence-electron chi connectivity index (χ2n) is 6.40. The number of esters is 1. The third kappa shape index (κ3) is 4.33. The number of thiazole rings is 1. The van der Waals surface area contributed by atoms with Gasteiger partial charge in [0.2, 0.25) is 5.91 Å². The molecule has 0 atom stereocenters. The number of nitrogens with zero attached hydrogens (tertiary/aromatic N) is 4. The van der Waals surface area contributed by atoms with E-state index in [2.05, 4.69) is 20.3 Å². The summed E-state index contributed by atoms with van der Waals surface area (Å²) in [5.41, 5.74) is 1.20. The molecule has 3 aromatic rings.